The molecule has 1 aliphatic rings. The van der Waals surface area contributed by atoms with Crippen molar-refractivity contribution in [3.63, 3.8) is 0 Å². The van der Waals surface area contributed by atoms with Crippen molar-refractivity contribution in [3.05, 3.63) is 80.8 Å². The van der Waals surface area contributed by atoms with Gasteiger partial charge in [-0.1, -0.05) is 23.7 Å². The minimum absolute atomic E-state index is 0.116. The monoisotopic (exact) mass is 480 g/mol. The molecule has 4 rings (SSSR count). The first kappa shape index (κ1) is 23.2. The summed E-state index contributed by atoms with van der Waals surface area (Å²) in [4.78, 5) is 21.8. The van der Waals surface area contributed by atoms with Crippen molar-refractivity contribution in [3.8, 4) is 11.8 Å². The van der Waals surface area contributed by atoms with Crippen molar-refractivity contribution in [1.82, 2.24) is 14.8 Å². The molecule has 33 heavy (non-hydrogen) atoms. The summed E-state index contributed by atoms with van der Waals surface area (Å²) in [6.45, 7) is 4.46. The molecule has 0 saturated carbocycles. The maximum Gasteiger partial charge on any atom is 0.228 e. The van der Waals surface area contributed by atoms with Gasteiger partial charge in [0, 0.05) is 43.1 Å². The summed E-state index contributed by atoms with van der Waals surface area (Å²) in [6, 6.07) is 17.1. The van der Waals surface area contributed by atoms with Gasteiger partial charge in [-0.25, -0.2) is 4.98 Å². The Kier molecular flexibility index (Phi) is 7.95. The van der Waals surface area contributed by atoms with Crippen LogP contribution in [-0.4, -0.2) is 46.9 Å². The quantitative estimate of drug-likeness (QED) is 0.497. The van der Waals surface area contributed by atoms with Gasteiger partial charge < -0.3 is 9.64 Å². The van der Waals surface area contributed by atoms with E-state index in [9.17, 15) is 4.79 Å². The molecule has 170 valence electrons. The number of carbonyl (C=O) groups is 1. The number of carbonyl (C=O) groups excluding carboxylic acids is 1. The largest absolute Gasteiger partial charge is 0.486 e. The van der Waals surface area contributed by atoms with Crippen LogP contribution in [0.25, 0.3) is 0 Å². The number of rotatable bonds is 7. The van der Waals surface area contributed by atoms with Crippen LogP contribution in [0.3, 0.4) is 0 Å². The third kappa shape index (κ3) is 6.78. The van der Waals surface area contributed by atoms with Crippen LogP contribution >= 0.6 is 22.9 Å². The van der Waals surface area contributed by atoms with E-state index in [1.807, 2.05) is 46.7 Å². The van der Waals surface area contributed by atoms with Gasteiger partial charge in [0.05, 0.1) is 23.7 Å². The Morgan fingerprint density at radius 2 is 1.88 bits per heavy atom. The van der Waals surface area contributed by atoms with Gasteiger partial charge in [0.1, 0.15) is 17.4 Å². The molecule has 3 aromatic rings. The lowest BCUT2D eigenvalue weighted by atomic mass is 10.1. The van der Waals surface area contributed by atoms with Gasteiger partial charge in [0.15, 0.2) is 0 Å². The molecule has 1 aliphatic heterocycles. The fraction of sp³-hybridized carbons (Fsp3) is 0.320. The van der Waals surface area contributed by atoms with Gasteiger partial charge in [-0.05, 0) is 48.4 Å². The second-order valence-electron chi connectivity index (χ2n) is 7.97. The van der Waals surface area contributed by atoms with Crippen molar-refractivity contribution in [2.24, 2.45) is 0 Å². The summed E-state index contributed by atoms with van der Waals surface area (Å²) >= 11 is 7.40. The summed E-state index contributed by atoms with van der Waals surface area (Å²) < 4.78 is 5.74. The van der Waals surface area contributed by atoms with Crippen LogP contribution in [0.1, 0.15) is 28.2 Å². The van der Waals surface area contributed by atoms with Crippen LogP contribution in [0.5, 0.6) is 5.75 Å². The van der Waals surface area contributed by atoms with E-state index in [4.69, 9.17) is 21.6 Å². The number of nitriles is 1. The number of nitrogens with zero attached hydrogens (tertiary/aromatic N) is 4. The molecular weight excluding hydrogens is 456 g/mol. The highest BCUT2D eigenvalue weighted by atomic mass is 35.5. The molecule has 2 heterocycles. The Labute approximate surface area is 203 Å². The molecule has 6 nitrogen and oxygen atoms in total. The molecule has 1 aromatic heterocycles. The fourth-order valence-electron chi connectivity index (χ4n) is 3.76. The van der Waals surface area contributed by atoms with E-state index >= 15 is 0 Å². The Morgan fingerprint density at radius 3 is 2.64 bits per heavy atom. The summed E-state index contributed by atoms with van der Waals surface area (Å²) in [5.41, 5.74) is 2.65. The topological polar surface area (TPSA) is 69.5 Å². The lowest BCUT2D eigenvalue weighted by molar-refractivity contribution is -0.130. The molecule has 1 saturated heterocycles. The highest BCUT2D eigenvalue weighted by molar-refractivity contribution is 7.09. The first-order chi connectivity index (χ1) is 16.1. The lowest BCUT2D eigenvalue weighted by Gasteiger charge is -2.22. The van der Waals surface area contributed by atoms with Crippen LogP contribution < -0.4 is 4.74 Å². The molecular formula is C25H25ClN4O2S. The number of aromatic nitrogens is 1. The zero-order valence-corrected chi connectivity index (χ0v) is 19.8. The second kappa shape index (κ2) is 11.3. The van der Waals surface area contributed by atoms with Gasteiger partial charge >= 0.3 is 0 Å². The molecule has 0 unspecified atom stereocenters. The van der Waals surface area contributed by atoms with E-state index < -0.39 is 0 Å². The zero-order valence-electron chi connectivity index (χ0n) is 18.2. The molecule has 1 fully saturated rings. The Bertz CT molecular complexity index is 1110. The average Bonchev–Trinajstić information content (AvgIpc) is 3.14. The van der Waals surface area contributed by atoms with Crippen LogP contribution in [0.4, 0.5) is 0 Å². The number of thiazole rings is 1. The van der Waals surface area contributed by atoms with Crippen LogP contribution in [0.15, 0.2) is 53.9 Å². The van der Waals surface area contributed by atoms with Crippen molar-refractivity contribution < 1.29 is 9.53 Å². The number of hydrogen-bond donors (Lipinski definition) is 0. The van der Waals surface area contributed by atoms with E-state index in [2.05, 4.69) is 16.0 Å². The Balaban J connectivity index is 1.24. The number of halogens is 1. The predicted molar refractivity (Wildman–Crippen MR) is 129 cm³/mol. The summed E-state index contributed by atoms with van der Waals surface area (Å²) in [5.74, 6) is 0.855. The highest BCUT2D eigenvalue weighted by Crippen LogP contribution is 2.19. The van der Waals surface area contributed by atoms with E-state index in [1.165, 1.54) is 16.9 Å². The fourth-order valence-corrected chi connectivity index (χ4v) is 4.59. The normalized spacial score (nSPS) is 14.5. The second-order valence-corrected chi connectivity index (χ2v) is 9.35. The first-order valence-electron chi connectivity index (χ1n) is 10.9. The molecule has 0 aliphatic carbocycles. The molecule has 8 heteroatoms. The SMILES string of the molecule is N#Cc1ccc(CN2CCCN(C(=O)Cc3csc(COc4ccc(Cl)cc4)n3)CC2)cc1. The summed E-state index contributed by atoms with van der Waals surface area (Å²) in [5, 5.41) is 12.4. The molecule has 0 spiro atoms. The molecule has 1 amide bonds. The van der Waals surface area contributed by atoms with Crippen molar-refractivity contribution in [2.75, 3.05) is 26.2 Å². The maximum atomic E-state index is 12.9. The Hall–Kier alpha value is -2.92. The van der Waals surface area contributed by atoms with Crippen LogP contribution in [-0.2, 0) is 24.4 Å². The predicted octanol–water partition coefficient (Wildman–Crippen LogP) is 4.52. The minimum atomic E-state index is 0.116. The minimum Gasteiger partial charge on any atom is -0.486 e. The third-order valence-electron chi connectivity index (χ3n) is 5.54. The molecule has 0 radical (unpaired) electrons. The highest BCUT2D eigenvalue weighted by Gasteiger charge is 2.20. The van der Waals surface area contributed by atoms with Gasteiger partial charge in [0.2, 0.25) is 5.91 Å². The molecule has 0 N–H and O–H groups in total. The van der Waals surface area contributed by atoms with Crippen LogP contribution in [0.2, 0.25) is 5.02 Å². The number of ether oxygens (including phenoxy) is 1. The number of hydrogen-bond acceptors (Lipinski definition) is 6. The molecule has 2 aromatic carbocycles. The van der Waals surface area contributed by atoms with E-state index in [0.717, 1.165) is 49.1 Å². The van der Waals surface area contributed by atoms with Gasteiger partial charge in [0.25, 0.3) is 0 Å². The third-order valence-corrected chi connectivity index (χ3v) is 6.66. The van der Waals surface area contributed by atoms with E-state index in [1.54, 1.807) is 12.1 Å². The zero-order chi connectivity index (χ0) is 23.0. The summed E-state index contributed by atoms with van der Waals surface area (Å²) in [7, 11) is 0. The molecule has 0 bridgehead atoms. The average molecular weight is 481 g/mol. The number of amides is 1. The lowest BCUT2D eigenvalue weighted by Crippen LogP contribution is -2.36. The first-order valence-corrected chi connectivity index (χ1v) is 12.2. The van der Waals surface area contributed by atoms with Crippen LogP contribution in [0, 0.1) is 11.3 Å². The Morgan fingerprint density at radius 1 is 1.09 bits per heavy atom. The number of benzene rings is 2. The van der Waals surface area contributed by atoms with E-state index in [-0.39, 0.29) is 5.91 Å². The smallest absolute Gasteiger partial charge is 0.228 e. The standard InChI is InChI=1S/C25H25ClN4O2S/c26-21-6-8-23(9-7-21)32-17-24-28-22(18-33-24)14-25(31)30-11-1-10-29(12-13-30)16-20-4-2-19(15-27)3-5-20/h2-9,18H,1,10-14,16-17H2. The van der Waals surface area contributed by atoms with Crippen molar-refractivity contribution in [2.45, 2.75) is 26.0 Å². The van der Waals surface area contributed by atoms with Crippen molar-refractivity contribution in [1.29, 1.82) is 5.26 Å². The van der Waals surface area contributed by atoms with Gasteiger partial charge in [-0.15, -0.1) is 11.3 Å². The van der Waals surface area contributed by atoms with Gasteiger partial charge in [-0.3, -0.25) is 9.69 Å². The summed E-state index contributed by atoms with van der Waals surface area (Å²) in [6.07, 6.45) is 1.26. The molecule has 0 atom stereocenters. The maximum absolute atomic E-state index is 12.9. The van der Waals surface area contributed by atoms with Gasteiger partial charge in [-0.2, -0.15) is 5.26 Å². The van der Waals surface area contributed by atoms with E-state index in [0.29, 0.717) is 30.2 Å². The van der Waals surface area contributed by atoms with Crippen molar-refractivity contribution >= 4 is 28.8 Å².